The molecule has 0 aliphatic carbocycles. The van der Waals surface area contributed by atoms with Gasteiger partial charge in [0.2, 0.25) is 0 Å². The highest BCUT2D eigenvalue weighted by Gasteiger charge is 2.36. The number of carbonyl (C=O) groups is 3. The van der Waals surface area contributed by atoms with E-state index >= 15 is 0 Å². The summed E-state index contributed by atoms with van der Waals surface area (Å²) in [6.45, 7) is 36.8. The van der Waals surface area contributed by atoms with Crippen LogP contribution in [0.4, 0.5) is 0 Å². The molecule has 3 aromatic heterocycles. The van der Waals surface area contributed by atoms with Crippen molar-refractivity contribution in [3.05, 3.63) is 279 Å². The second-order valence-electron chi connectivity index (χ2n) is 31.1. The van der Waals surface area contributed by atoms with Gasteiger partial charge in [-0.25, -0.2) is 14.0 Å². The van der Waals surface area contributed by atoms with Gasteiger partial charge in [-0.15, -0.1) is 15.3 Å². The molecule has 0 spiro atoms. The van der Waals surface area contributed by atoms with E-state index in [1.165, 1.54) is 33.4 Å². The number of aromatic nitrogens is 9. The first-order chi connectivity index (χ1) is 53.4. The van der Waals surface area contributed by atoms with Crippen molar-refractivity contribution in [3.63, 3.8) is 0 Å². The van der Waals surface area contributed by atoms with Crippen molar-refractivity contribution >= 4 is 50.8 Å². The molecule has 4 atom stereocenters. The predicted octanol–water partition coefficient (Wildman–Crippen LogP) is 17.7. The largest absolute Gasteiger partial charge is 0.334 e. The molecular formula is C93H99N15O3. The molecule has 9 aromatic carbocycles. The van der Waals surface area contributed by atoms with Gasteiger partial charge in [-0.1, -0.05) is 107 Å². The van der Waals surface area contributed by atoms with Crippen molar-refractivity contribution in [2.24, 2.45) is 11.3 Å². The number of nitrogens with zero attached hydrogens (tertiary/aromatic N) is 15. The Labute approximate surface area is 651 Å². The maximum atomic E-state index is 13.4. The molecule has 6 heterocycles. The van der Waals surface area contributed by atoms with Gasteiger partial charge in [-0.2, -0.15) is 15.8 Å². The van der Waals surface area contributed by atoms with Gasteiger partial charge >= 0.3 is 0 Å². The van der Waals surface area contributed by atoms with Crippen molar-refractivity contribution in [3.8, 4) is 18.2 Å². The van der Waals surface area contributed by atoms with Crippen molar-refractivity contribution in [1.82, 2.24) is 59.7 Å². The van der Waals surface area contributed by atoms with Crippen molar-refractivity contribution in [1.29, 1.82) is 15.8 Å². The average molecular weight is 1470 g/mol. The number of hydrogen-bond donors (Lipinski definition) is 0. The average Bonchev–Trinajstić information content (AvgIpc) is 1.75. The third-order valence-electron chi connectivity index (χ3n) is 23.8. The molecule has 12 aromatic rings. The molecule has 0 radical (unpaired) electrons. The SMILES string of the molecule is CCn1nnc2c(C)c(C(CC#N)c3ccc4c(c3)CN(C(=O)c3ccc(C)c(C)c3)CC4)ccc21.CCn1nnc2c(C)c(C(c3ccc4c(c3)CN(C(=O)c3ccc(C)c(C)c3)CC4)C(C)(C)C#N)ccc21.CCn1nnc2c(C)c(C(c3ccc4c(c3)CN(C(=O)c3ccc(C)c(C)c3)CC4)C(C)C#N)ccc21. The van der Waals surface area contributed by atoms with Crippen LogP contribution < -0.4 is 0 Å². The van der Waals surface area contributed by atoms with Crippen molar-refractivity contribution < 1.29 is 14.4 Å². The number of benzene rings is 9. The molecule has 111 heavy (non-hydrogen) atoms. The van der Waals surface area contributed by atoms with Gasteiger partial charge in [-0.05, 0) is 295 Å². The van der Waals surface area contributed by atoms with E-state index < -0.39 is 5.41 Å². The number of nitriles is 3. The topological polar surface area (TPSA) is 224 Å². The van der Waals surface area contributed by atoms with Crippen LogP contribution in [0.5, 0.6) is 0 Å². The van der Waals surface area contributed by atoms with E-state index in [4.69, 9.17) is 0 Å². The van der Waals surface area contributed by atoms with Gasteiger partial charge in [0.05, 0.1) is 46.1 Å². The molecule has 0 saturated carbocycles. The molecule has 3 amide bonds. The summed E-state index contributed by atoms with van der Waals surface area (Å²) in [6, 6.07) is 57.4. The Morgan fingerprint density at radius 2 is 0.784 bits per heavy atom. The number of amides is 3. The summed E-state index contributed by atoms with van der Waals surface area (Å²) < 4.78 is 5.69. The van der Waals surface area contributed by atoms with E-state index in [2.05, 4.69) is 202 Å². The monoisotopic (exact) mass is 1470 g/mol. The lowest BCUT2D eigenvalue weighted by Crippen LogP contribution is -2.36. The van der Waals surface area contributed by atoms with Crippen LogP contribution in [0.2, 0.25) is 0 Å². The Kier molecular flexibility index (Phi) is 22.5. The van der Waals surface area contributed by atoms with Gasteiger partial charge in [0.25, 0.3) is 17.7 Å². The summed E-state index contributed by atoms with van der Waals surface area (Å²) in [4.78, 5) is 45.8. The lowest BCUT2D eigenvalue weighted by molar-refractivity contribution is 0.0727. The van der Waals surface area contributed by atoms with E-state index in [0.717, 1.165) is 172 Å². The molecule has 0 saturated heterocycles. The van der Waals surface area contributed by atoms with E-state index in [9.17, 15) is 30.2 Å². The fourth-order valence-corrected chi connectivity index (χ4v) is 16.6. The second-order valence-corrected chi connectivity index (χ2v) is 31.1. The predicted molar refractivity (Wildman–Crippen MR) is 436 cm³/mol. The molecule has 0 bridgehead atoms. The normalized spacial score (nSPS) is 14.3. The van der Waals surface area contributed by atoms with Gasteiger partial charge in [0.15, 0.2) is 0 Å². The number of aryl methyl sites for hydroxylation is 12. The molecule has 0 N–H and O–H groups in total. The van der Waals surface area contributed by atoms with E-state index in [-0.39, 0.29) is 41.4 Å². The number of hydrogen-bond acceptors (Lipinski definition) is 12. The maximum absolute atomic E-state index is 13.4. The minimum absolute atomic E-state index is 0.0673. The standard InChI is InChI=1S/C32H35N5O.C31H33N5O.C30H31N5O/c1-7-37-28-13-12-27(22(4)30(28)34-35-37)29(32(5,6)19-33)24-11-10-23-14-15-36(18-26(23)17-24)31(38)25-9-8-20(2)21(3)16-25;1-6-36-28-12-11-27(22(5)30(28)33-34-36)29(21(4)17-32)24-10-9-23-13-14-35(18-26(23)16-24)31(37)25-8-7-19(2)20(3)15-25;1-5-35-28-11-10-26(21(4)29(28)32-33-35)27(12-14-31)23-9-8-22-13-15-34(18-25(22)17-23)30(36)24-7-6-19(2)20(3)16-24/h8-13,16-17,29H,7,14-15,18H2,1-6H3;7-12,15-16,21,29H,6,13-14,18H2,1-5H3;6-11,16-17,27H,5,12-13,15,18H2,1-4H3. The molecule has 3 aliphatic rings. The Morgan fingerprint density at radius 1 is 0.423 bits per heavy atom. The number of carbonyl (C=O) groups excluding carboxylic acids is 3. The third kappa shape index (κ3) is 15.3. The highest BCUT2D eigenvalue weighted by Crippen LogP contribution is 2.45. The first-order valence-electron chi connectivity index (χ1n) is 39.0. The zero-order valence-electron chi connectivity index (χ0n) is 66.8. The van der Waals surface area contributed by atoms with Crippen molar-refractivity contribution in [2.75, 3.05) is 19.6 Å². The smallest absolute Gasteiger partial charge is 0.254 e. The van der Waals surface area contributed by atoms with E-state index in [1.807, 2.05) is 125 Å². The quantitative estimate of drug-likeness (QED) is 0.0934. The highest BCUT2D eigenvalue weighted by molar-refractivity contribution is 5.96. The Bertz CT molecular complexity index is 5750. The summed E-state index contributed by atoms with van der Waals surface area (Å²) in [7, 11) is 0. The fourth-order valence-electron chi connectivity index (χ4n) is 16.6. The van der Waals surface area contributed by atoms with Gasteiger partial charge < -0.3 is 14.7 Å². The maximum Gasteiger partial charge on any atom is 0.254 e. The van der Waals surface area contributed by atoms with Crippen molar-refractivity contribution in [2.45, 2.75) is 187 Å². The van der Waals surface area contributed by atoms with E-state index in [0.29, 0.717) is 45.7 Å². The molecule has 0 fully saturated rings. The Balaban J connectivity index is 0.000000146. The summed E-state index contributed by atoms with van der Waals surface area (Å²) in [5, 5.41) is 56.1. The van der Waals surface area contributed by atoms with Gasteiger partial charge in [0, 0.05) is 99.8 Å². The van der Waals surface area contributed by atoms with Crippen LogP contribution in [-0.2, 0) is 58.5 Å². The number of rotatable bonds is 15. The zero-order chi connectivity index (χ0) is 78.9. The van der Waals surface area contributed by atoms with Crippen LogP contribution in [0.3, 0.4) is 0 Å². The van der Waals surface area contributed by atoms with Crippen LogP contribution in [-0.4, -0.2) is 97.0 Å². The summed E-state index contributed by atoms with van der Waals surface area (Å²) in [6.07, 6.45) is 2.86. The first-order valence-corrected chi connectivity index (χ1v) is 39.0. The molecular weight excluding hydrogens is 1380 g/mol. The Hall–Kier alpha value is -11.9. The first kappa shape index (κ1) is 77.2. The zero-order valence-corrected chi connectivity index (χ0v) is 66.8. The summed E-state index contributed by atoms with van der Waals surface area (Å²) in [5.74, 6) is -0.338. The molecule has 18 heteroatoms. The molecule has 3 aliphatic heterocycles. The lowest BCUT2D eigenvalue weighted by atomic mass is 9.70. The summed E-state index contributed by atoms with van der Waals surface area (Å²) in [5.41, 5.74) is 31.2. The third-order valence-corrected chi connectivity index (χ3v) is 23.8. The van der Waals surface area contributed by atoms with Gasteiger partial charge in [0.1, 0.15) is 16.6 Å². The molecule has 15 rings (SSSR count). The van der Waals surface area contributed by atoms with Crippen LogP contribution in [0.25, 0.3) is 33.1 Å². The lowest BCUT2D eigenvalue weighted by Gasteiger charge is -2.33. The molecule has 564 valence electrons. The number of fused-ring (bicyclic) bond motifs is 6. The summed E-state index contributed by atoms with van der Waals surface area (Å²) >= 11 is 0. The molecule has 4 unspecified atom stereocenters. The van der Waals surface area contributed by atoms with Gasteiger partial charge in [-0.3, -0.25) is 14.4 Å². The van der Waals surface area contributed by atoms with Crippen LogP contribution in [0, 0.1) is 108 Å². The highest BCUT2D eigenvalue weighted by atomic mass is 16.2. The minimum atomic E-state index is -0.656. The van der Waals surface area contributed by atoms with Crippen LogP contribution in [0.15, 0.2) is 146 Å². The minimum Gasteiger partial charge on any atom is -0.334 e. The fraction of sp³-hybridized carbons (Fsp3) is 0.355. The van der Waals surface area contributed by atoms with Crippen LogP contribution in [0.1, 0.15) is 214 Å². The second kappa shape index (κ2) is 32.3. The molecule has 18 nitrogen and oxygen atoms in total. The van der Waals surface area contributed by atoms with Crippen LogP contribution >= 0.6 is 0 Å². The van der Waals surface area contributed by atoms with E-state index in [1.54, 1.807) is 0 Å². The Morgan fingerprint density at radius 3 is 1.17 bits per heavy atom.